The van der Waals surface area contributed by atoms with Crippen LogP contribution in [0.25, 0.3) is 0 Å². The lowest BCUT2D eigenvalue weighted by molar-refractivity contribution is -0.145. The molecule has 9 nitrogen and oxygen atoms in total. The Hall–Kier alpha value is -2.81. The van der Waals surface area contributed by atoms with Crippen molar-refractivity contribution in [3.8, 4) is 0 Å². The largest absolute Gasteiger partial charge is 0.469 e. The van der Waals surface area contributed by atoms with Gasteiger partial charge in [-0.15, -0.1) is 0 Å². The van der Waals surface area contributed by atoms with Gasteiger partial charge in [0.25, 0.3) is 5.91 Å². The molecule has 1 aromatic carbocycles. The number of benzene rings is 1. The molecule has 2 atom stereocenters. The Balaban J connectivity index is 1.62. The molecule has 0 aromatic heterocycles. The number of hydrogen-bond donors (Lipinski definition) is 2. The zero-order chi connectivity index (χ0) is 23.5. The number of esters is 1. The molecule has 2 saturated heterocycles. The molecule has 10 heteroatoms. The molecule has 0 radical (unpaired) electrons. The third-order valence-corrected chi connectivity index (χ3v) is 6.54. The van der Waals surface area contributed by atoms with Gasteiger partial charge in [-0.25, -0.2) is 4.79 Å². The van der Waals surface area contributed by atoms with Crippen molar-refractivity contribution < 1.29 is 23.9 Å². The number of methoxy groups -OCH3 is 1. The van der Waals surface area contributed by atoms with Crippen molar-refractivity contribution >= 4 is 41.1 Å². The van der Waals surface area contributed by atoms with Gasteiger partial charge in [-0.05, 0) is 43.5 Å². The lowest BCUT2D eigenvalue weighted by Gasteiger charge is -2.41. The van der Waals surface area contributed by atoms with Crippen LogP contribution in [-0.4, -0.2) is 67.0 Å². The van der Waals surface area contributed by atoms with Crippen molar-refractivity contribution in [3.05, 3.63) is 28.8 Å². The number of carbonyl (C=O) groups excluding carboxylic acids is 4. The minimum atomic E-state index is -1.47. The number of rotatable bonds is 7. The molecule has 2 aliphatic heterocycles. The summed E-state index contributed by atoms with van der Waals surface area (Å²) in [4.78, 5) is 52.7. The second kappa shape index (κ2) is 9.77. The van der Waals surface area contributed by atoms with Crippen LogP contribution in [0.2, 0.25) is 5.02 Å². The summed E-state index contributed by atoms with van der Waals surface area (Å²) in [5.41, 5.74) is 0.698. The van der Waals surface area contributed by atoms with E-state index in [1.54, 1.807) is 4.90 Å². The fourth-order valence-electron chi connectivity index (χ4n) is 4.29. The molecule has 32 heavy (non-hydrogen) atoms. The molecule has 0 saturated carbocycles. The molecule has 4 amide bonds. The number of imide groups is 1. The van der Waals surface area contributed by atoms with Crippen LogP contribution in [0.15, 0.2) is 18.2 Å². The van der Waals surface area contributed by atoms with Gasteiger partial charge in [0.05, 0.1) is 13.5 Å². The Kier molecular flexibility index (Phi) is 7.28. The maximum atomic E-state index is 12.9. The normalized spacial score (nSPS) is 23.1. The zero-order valence-corrected chi connectivity index (χ0v) is 19.3. The highest BCUT2D eigenvalue weighted by Gasteiger charge is 2.48. The number of nitrogens with one attached hydrogen (secondary N) is 2. The quantitative estimate of drug-likeness (QED) is 0.471. The first-order valence-electron chi connectivity index (χ1n) is 10.7. The first-order chi connectivity index (χ1) is 15.2. The van der Waals surface area contributed by atoms with E-state index >= 15 is 0 Å². The van der Waals surface area contributed by atoms with E-state index in [-0.39, 0.29) is 31.2 Å². The molecule has 0 spiro atoms. The van der Waals surface area contributed by atoms with Crippen LogP contribution in [-0.2, 0) is 25.5 Å². The smallest absolute Gasteiger partial charge is 0.322 e. The van der Waals surface area contributed by atoms with Crippen LogP contribution in [0.3, 0.4) is 0 Å². The van der Waals surface area contributed by atoms with E-state index in [1.165, 1.54) is 7.11 Å². The Bertz CT molecular complexity index is 924. The summed E-state index contributed by atoms with van der Waals surface area (Å²) in [6, 6.07) is 5.41. The van der Waals surface area contributed by atoms with E-state index in [2.05, 4.69) is 40.2 Å². The van der Waals surface area contributed by atoms with E-state index in [4.69, 9.17) is 11.6 Å². The number of anilines is 1. The average molecular weight is 465 g/mol. The summed E-state index contributed by atoms with van der Waals surface area (Å²) in [5, 5.41) is 5.40. The standard InChI is InChI=1S/C22H29ClN4O5/c1-4-15-11-16(5-6-17(15)23)27-10-9-26(13-14(27)2)18(28)7-8-22(12-19(29)32-3)20(30)24-21(31)25-22/h5-6,11,14H,4,7-10,12-13H2,1-3H3,(H2,24,25,30,31)/t14-,22?/m0/s1. The van der Waals surface area contributed by atoms with Gasteiger partial charge in [0.2, 0.25) is 5.91 Å². The van der Waals surface area contributed by atoms with E-state index in [0.29, 0.717) is 19.6 Å². The summed E-state index contributed by atoms with van der Waals surface area (Å²) in [5.74, 6) is -1.38. The highest BCUT2D eigenvalue weighted by Crippen LogP contribution is 2.28. The summed E-state index contributed by atoms with van der Waals surface area (Å²) < 4.78 is 4.66. The summed E-state index contributed by atoms with van der Waals surface area (Å²) in [6.45, 7) is 5.86. The zero-order valence-electron chi connectivity index (χ0n) is 18.6. The van der Waals surface area contributed by atoms with E-state index in [0.717, 1.165) is 22.7 Å². The lowest BCUT2D eigenvalue weighted by atomic mass is 9.89. The van der Waals surface area contributed by atoms with E-state index in [9.17, 15) is 19.2 Å². The number of aryl methyl sites for hydroxylation is 1. The van der Waals surface area contributed by atoms with Crippen molar-refractivity contribution in [1.82, 2.24) is 15.5 Å². The van der Waals surface area contributed by atoms with Crippen molar-refractivity contribution in [3.63, 3.8) is 0 Å². The van der Waals surface area contributed by atoms with Crippen LogP contribution >= 0.6 is 11.6 Å². The number of hydrogen-bond acceptors (Lipinski definition) is 6. The number of ether oxygens (including phenoxy) is 1. The van der Waals surface area contributed by atoms with Gasteiger partial charge < -0.3 is 19.9 Å². The maximum absolute atomic E-state index is 12.9. The molecular weight excluding hydrogens is 436 g/mol. The predicted molar refractivity (Wildman–Crippen MR) is 119 cm³/mol. The topological polar surface area (TPSA) is 108 Å². The van der Waals surface area contributed by atoms with Gasteiger partial charge in [0, 0.05) is 42.8 Å². The second-order valence-electron chi connectivity index (χ2n) is 8.25. The minimum Gasteiger partial charge on any atom is -0.469 e. The van der Waals surface area contributed by atoms with Gasteiger partial charge in [-0.3, -0.25) is 19.7 Å². The van der Waals surface area contributed by atoms with Crippen molar-refractivity contribution in [1.29, 1.82) is 0 Å². The third-order valence-electron chi connectivity index (χ3n) is 6.18. The molecule has 0 bridgehead atoms. The van der Waals surface area contributed by atoms with Crippen LogP contribution in [0.1, 0.15) is 38.7 Å². The molecule has 174 valence electrons. The van der Waals surface area contributed by atoms with Crippen molar-refractivity contribution in [2.75, 3.05) is 31.6 Å². The fourth-order valence-corrected chi connectivity index (χ4v) is 4.54. The van der Waals surface area contributed by atoms with Crippen LogP contribution in [0, 0.1) is 0 Å². The van der Waals surface area contributed by atoms with E-state index in [1.807, 2.05) is 12.1 Å². The Labute approximate surface area is 192 Å². The molecule has 1 unspecified atom stereocenters. The van der Waals surface area contributed by atoms with E-state index < -0.39 is 23.4 Å². The van der Waals surface area contributed by atoms with Crippen LogP contribution < -0.4 is 15.5 Å². The highest BCUT2D eigenvalue weighted by molar-refractivity contribution is 6.31. The monoisotopic (exact) mass is 464 g/mol. The first-order valence-corrected chi connectivity index (χ1v) is 11.1. The highest BCUT2D eigenvalue weighted by atomic mass is 35.5. The Morgan fingerprint density at radius 3 is 2.62 bits per heavy atom. The van der Waals surface area contributed by atoms with Gasteiger partial charge >= 0.3 is 12.0 Å². The molecule has 2 heterocycles. The molecule has 1 aromatic rings. The van der Waals surface area contributed by atoms with Crippen LogP contribution in [0.4, 0.5) is 10.5 Å². The maximum Gasteiger partial charge on any atom is 0.322 e. The fraction of sp³-hybridized carbons (Fsp3) is 0.545. The van der Waals surface area contributed by atoms with Gasteiger partial charge in [0.1, 0.15) is 5.54 Å². The molecule has 3 rings (SSSR count). The van der Waals surface area contributed by atoms with Crippen LogP contribution in [0.5, 0.6) is 0 Å². The molecule has 2 fully saturated rings. The number of halogens is 1. The predicted octanol–water partition coefficient (Wildman–Crippen LogP) is 1.86. The molecule has 2 N–H and O–H groups in total. The number of nitrogens with zero attached hydrogens (tertiary/aromatic N) is 2. The third kappa shape index (κ3) is 4.98. The SMILES string of the molecule is CCc1cc(N2CCN(C(=O)CCC3(CC(=O)OC)NC(=O)NC3=O)C[C@@H]2C)ccc1Cl. The summed E-state index contributed by atoms with van der Waals surface area (Å²) in [6.07, 6.45) is 0.564. The summed E-state index contributed by atoms with van der Waals surface area (Å²) in [7, 11) is 1.21. The molecule has 0 aliphatic carbocycles. The Morgan fingerprint density at radius 1 is 1.28 bits per heavy atom. The second-order valence-corrected chi connectivity index (χ2v) is 8.66. The van der Waals surface area contributed by atoms with Crippen molar-refractivity contribution in [2.45, 2.75) is 51.1 Å². The van der Waals surface area contributed by atoms with Gasteiger partial charge in [-0.1, -0.05) is 18.5 Å². The summed E-state index contributed by atoms with van der Waals surface area (Å²) >= 11 is 6.24. The number of piperazine rings is 1. The minimum absolute atomic E-state index is 0.0180. The molecular formula is C22H29ClN4O5. The Morgan fingerprint density at radius 2 is 2.03 bits per heavy atom. The first kappa shape index (κ1) is 23.8. The lowest BCUT2D eigenvalue weighted by Crippen LogP contribution is -2.54. The molecule has 2 aliphatic rings. The van der Waals surface area contributed by atoms with Gasteiger partial charge in [-0.2, -0.15) is 0 Å². The number of amides is 4. The number of urea groups is 1. The number of carbonyl (C=O) groups is 4. The van der Waals surface area contributed by atoms with Gasteiger partial charge in [0.15, 0.2) is 0 Å². The van der Waals surface area contributed by atoms with Crippen molar-refractivity contribution in [2.24, 2.45) is 0 Å². The average Bonchev–Trinajstić information content (AvgIpc) is 3.05.